The summed E-state index contributed by atoms with van der Waals surface area (Å²) in [7, 11) is 0. The highest BCUT2D eigenvalue weighted by Crippen LogP contribution is 2.57. The molecule has 0 bridgehead atoms. The molecule has 0 atom stereocenters. The molecule has 1 saturated carbocycles. The van der Waals surface area contributed by atoms with Gasteiger partial charge in [0.1, 0.15) is 5.82 Å². The molecule has 2 fully saturated rings. The Balaban J connectivity index is 1.62. The number of carbonyl (C=O) groups is 1. The number of nitrogens with zero attached hydrogens (tertiary/aromatic N) is 4. The van der Waals surface area contributed by atoms with Crippen LogP contribution >= 0.6 is 11.6 Å². The summed E-state index contributed by atoms with van der Waals surface area (Å²) >= 11 is 5.87. The Morgan fingerprint density at radius 3 is 2.75 bits per heavy atom. The lowest BCUT2D eigenvalue weighted by Gasteiger charge is -2.29. The molecule has 1 amide bonds. The highest BCUT2D eigenvalue weighted by atomic mass is 35.5. The molecule has 1 spiro atoms. The van der Waals surface area contributed by atoms with Gasteiger partial charge in [0, 0.05) is 32.4 Å². The fourth-order valence-corrected chi connectivity index (χ4v) is 4.00. The van der Waals surface area contributed by atoms with Gasteiger partial charge in [-0.2, -0.15) is 0 Å². The molecule has 148 valence electrons. The normalized spacial score (nSPS) is 21.9. The number of halogens is 2. The second kappa shape index (κ2) is 7.73. The van der Waals surface area contributed by atoms with Crippen molar-refractivity contribution < 1.29 is 13.9 Å². The highest BCUT2D eigenvalue weighted by molar-refractivity contribution is 6.65. The quantitative estimate of drug-likeness (QED) is 0.430. The number of carbonyl (C=O) groups excluding carboxylic acids is 1. The first-order valence-electron chi connectivity index (χ1n) is 9.33. The topological polar surface area (TPSA) is 57.5 Å². The van der Waals surface area contributed by atoms with E-state index in [9.17, 15) is 9.18 Å². The minimum Gasteiger partial charge on any atom is -0.379 e. The van der Waals surface area contributed by atoms with Crippen LogP contribution in [0.4, 0.5) is 10.1 Å². The van der Waals surface area contributed by atoms with Crippen LogP contribution in [0.15, 0.2) is 40.0 Å². The van der Waals surface area contributed by atoms with Crippen molar-refractivity contribution in [3.05, 3.63) is 41.4 Å². The molecule has 0 aromatic heterocycles. The van der Waals surface area contributed by atoms with Gasteiger partial charge in [-0.3, -0.25) is 9.69 Å². The predicted molar refractivity (Wildman–Crippen MR) is 108 cm³/mol. The lowest BCUT2D eigenvalue weighted by Crippen LogP contribution is -2.40. The van der Waals surface area contributed by atoms with Crippen LogP contribution in [-0.4, -0.2) is 62.2 Å². The van der Waals surface area contributed by atoms with E-state index in [2.05, 4.69) is 21.6 Å². The van der Waals surface area contributed by atoms with Crippen molar-refractivity contribution in [1.29, 1.82) is 0 Å². The number of aliphatic imine (C=N–C) groups is 2. The Bertz CT molecular complexity index is 860. The first-order chi connectivity index (χ1) is 13.5. The summed E-state index contributed by atoms with van der Waals surface area (Å²) in [6.45, 7) is 7.26. The third-order valence-electron chi connectivity index (χ3n) is 5.55. The Morgan fingerprint density at radius 2 is 2.07 bits per heavy atom. The zero-order chi connectivity index (χ0) is 19.7. The SMILES string of the molecule is C=NC(Cl)=N/C=C(\CN1CCOCC1)CN1C(=O)C2(CC2)c2ccc(F)cc21. The van der Waals surface area contributed by atoms with Crippen molar-refractivity contribution in [2.75, 3.05) is 44.3 Å². The largest absolute Gasteiger partial charge is 0.379 e. The molecular weight excluding hydrogens is 383 g/mol. The van der Waals surface area contributed by atoms with E-state index in [-0.39, 0.29) is 17.0 Å². The van der Waals surface area contributed by atoms with Gasteiger partial charge in [0.15, 0.2) is 0 Å². The van der Waals surface area contributed by atoms with E-state index in [0.29, 0.717) is 32.0 Å². The maximum absolute atomic E-state index is 13.9. The zero-order valence-corrected chi connectivity index (χ0v) is 16.3. The van der Waals surface area contributed by atoms with Gasteiger partial charge < -0.3 is 9.64 Å². The lowest BCUT2D eigenvalue weighted by molar-refractivity contribution is -0.120. The highest BCUT2D eigenvalue weighted by Gasteiger charge is 2.59. The van der Waals surface area contributed by atoms with E-state index in [4.69, 9.17) is 16.3 Å². The molecule has 8 heteroatoms. The number of morpholine rings is 1. The van der Waals surface area contributed by atoms with Crippen LogP contribution in [0.1, 0.15) is 18.4 Å². The Hall–Kier alpha value is -2.09. The molecule has 6 nitrogen and oxygen atoms in total. The number of amidine groups is 1. The predicted octanol–water partition coefficient (Wildman–Crippen LogP) is 2.72. The molecule has 1 aromatic carbocycles. The maximum atomic E-state index is 13.9. The number of ether oxygens (including phenoxy) is 1. The fourth-order valence-electron chi connectivity index (χ4n) is 3.95. The van der Waals surface area contributed by atoms with E-state index in [1.807, 2.05) is 0 Å². The summed E-state index contributed by atoms with van der Waals surface area (Å²) in [6.07, 6.45) is 3.26. The minimum atomic E-state index is -0.462. The molecule has 1 aliphatic carbocycles. The first kappa shape index (κ1) is 19.2. The van der Waals surface area contributed by atoms with Gasteiger partial charge in [-0.1, -0.05) is 6.07 Å². The number of amides is 1. The summed E-state index contributed by atoms with van der Waals surface area (Å²) in [6, 6.07) is 4.63. The first-order valence-corrected chi connectivity index (χ1v) is 9.71. The molecule has 28 heavy (non-hydrogen) atoms. The van der Waals surface area contributed by atoms with Crippen LogP contribution in [0.5, 0.6) is 0 Å². The summed E-state index contributed by atoms with van der Waals surface area (Å²) in [5.41, 5.74) is 2.02. The van der Waals surface area contributed by atoms with Gasteiger partial charge in [-0.15, -0.1) is 0 Å². The number of fused-ring (bicyclic) bond motifs is 2. The van der Waals surface area contributed by atoms with Gasteiger partial charge in [-0.25, -0.2) is 14.4 Å². The molecule has 2 heterocycles. The fraction of sp³-hybridized carbons (Fsp3) is 0.450. The molecule has 3 aliphatic rings. The molecular formula is C20H22ClFN4O2. The molecule has 4 rings (SSSR count). The monoisotopic (exact) mass is 404 g/mol. The number of benzene rings is 1. The van der Waals surface area contributed by atoms with Crippen LogP contribution in [0.3, 0.4) is 0 Å². The summed E-state index contributed by atoms with van der Waals surface area (Å²) in [5, 5.41) is 0.0392. The van der Waals surface area contributed by atoms with E-state index in [1.54, 1.807) is 17.2 Å². The van der Waals surface area contributed by atoms with Crippen molar-refractivity contribution in [2.45, 2.75) is 18.3 Å². The second-order valence-corrected chi connectivity index (χ2v) is 7.71. The third kappa shape index (κ3) is 3.62. The van der Waals surface area contributed by atoms with E-state index < -0.39 is 5.41 Å². The molecule has 1 aromatic rings. The molecule has 0 unspecified atom stereocenters. The lowest BCUT2D eigenvalue weighted by atomic mass is 9.98. The van der Waals surface area contributed by atoms with Crippen LogP contribution in [-0.2, 0) is 14.9 Å². The van der Waals surface area contributed by atoms with Gasteiger partial charge in [0.05, 0.1) is 24.3 Å². The second-order valence-electron chi connectivity index (χ2n) is 7.37. The standard InChI is InChI=1S/C20H22ClFN4O2/c1-23-19(21)24-11-14(12-25-6-8-28-9-7-25)13-26-17-10-15(22)2-3-16(17)20(4-5-20)18(26)27/h2-3,10-11H,1,4-9,12-13H2/b14-11+,24-19?. The van der Waals surface area contributed by atoms with E-state index in [0.717, 1.165) is 37.1 Å². The van der Waals surface area contributed by atoms with Crippen molar-refractivity contribution in [3.63, 3.8) is 0 Å². The Kier molecular flexibility index (Phi) is 5.31. The smallest absolute Gasteiger partial charge is 0.238 e. The van der Waals surface area contributed by atoms with Crippen molar-refractivity contribution >= 4 is 35.2 Å². The minimum absolute atomic E-state index is 0.0392. The zero-order valence-electron chi connectivity index (χ0n) is 15.5. The number of anilines is 1. The average molecular weight is 405 g/mol. The maximum Gasteiger partial charge on any atom is 0.238 e. The third-order valence-corrected chi connectivity index (χ3v) is 5.76. The van der Waals surface area contributed by atoms with Crippen molar-refractivity contribution in [3.8, 4) is 0 Å². The van der Waals surface area contributed by atoms with Gasteiger partial charge >= 0.3 is 0 Å². The van der Waals surface area contributed by atoms with Gasteiger partial charge in [-0.05, 0) is 54.4 Å². The Morgan fingerprint density at radius 1 is 1.32 bits per heavy atom. The summed E-state index contributed by atoms with van der Waals surface area (Å²) in [5.74, 6) is -0.303. The van der Waals surface area contributed by atoms with E-state index in [1.165, 1.54) is 12.1 Å². The molecule has 0 N–H and O–H groups in total. The van der Waals surface area contributed by atoms with Gasteiger partial charge in [0.25, 0.3) is 0 Å². The Labute approximate surface area is 168 Å². The summed E-state index contributed by atoms with van der Waals surface area (Å²) < 4.78 is 19.3. The number of hydrogen-bond acceptors (Lipinski definition) is 4. The molecule has 2 aliphatic heterocycles. The number of hydrogen-bond donors (Lipinski definition) is 0. The van der Waals surface area contributed by atoms with E-state index >= 15 is 0 Å². The van der Waals surface area contributed by atoms with Crippen molar-refractivity contribution in [2.24, 2.45) is 9.98 Å². The van der Waals surface area contributed by atoms with Crippen LogP contribution in [0.2, 0.25) is 0 Å². The van der Waals surface area contributed by atoms with Crippen LogP contribution < -0.4 is 4.90 Å². The van der Waals surface area contributed by atoms with Crippen LogP contribution in [0, 0.1) is 5.82 Å². The molecule has 0 radical (unpaired) electrons. The van der Waals surface area contributed by atoms with Gasteiger partial charge in [0.2, 0.25) is 11.2 Å². The summed E-state index contributed by atoms with van der Waals surface area (Å²) in [4.78, 5) is 24.8. The van der Waals surface area contributed by atoms with Crippen molar-refractivity contribution in [1.82, 2.24) is 4.90 Å². The van der Waals surface area contributed by atoms with Crippen LogP contribution in [0.25, 0.3) is 0 Å². The number of rotatable bonds is 5. The average Bonchev–Trinajstić information content (AvgIpc) is 3.48. The molecule has 1 saturated heterocycles.